The molecule has 0 radical (unpaired) electrons. The Balaban J connectivity index is 1.60. The average Bonchev–Trinajstić information content (AvgIpc) is 3.24. The minimum Gasteiger partial charge on any atom is -0.485 e. The molecule has 1 heterocycles. The molecule has 1 aliphatic carbocycles. The zero-order chi connectivity index (χ0) is 14.7. The van der Waals surface area contributed by atoms with Crippen molar-refractivity contribution >= 4 is 15.9 Å². The second kappa shape index (κ2) is 6.58. The highest BCUT2D eigenvalue weighted by Crippen LogP contribution is 2.38. The van der Waals surface area contributed by atoms with Crippen LogP contribution in [0.15, 0.2) is 27.2 Å². The first kappa shape index (κ1) is 14.5. The maximum Gasteiger partial charge on any atom is 0.229 e. The van der Waals surface area contributed by atoms with E-state index in [-0.39, 0.29) is 0 Å². The average molecular weight is 352 g/mol. The van der Waals surface area contributed by atoms with E-state index in [4.69, 9.17) is 9.26 Å². The van der Waals surface area contributed by atoms with Gasteiger partial charge in [0.15, 0.2) is 6.61 Å². The smallest absolute Gasteiger partial charge is 0.229 e. The second-order valence-electron chi connectivity index (χ2n) is 5.15. The fourth-order valence-electron chi connectivity index (χ4n) is 2.01. The summed E-state index contributed by atoms with van der Waals surface area (Å²) in [5.74, 6) is 2.64. The lowest BCUT2D eigenvalue weighted by Gasteiger charge is -2.09. The molecule has 1 aromatic carbocycles. The highest BCUT2D eigenvalue weighted by Gasteiger charge is 2.29. The van der Waals surface area contributed by atoms with Crippen molar-refractivity contribution in [1.82, 2.24) is 15.5 Å². The summed E-state index contributed by atoms with van der Waals surface area (Å²) >= 11 is 3.55. The van der Waals surface area contributed by atoms with E-state index in [9.17, 15) is 0 Å². The van der Waals surface area contributed by atoms with E-state index >= 15 is 0 Å². The van der Waals surface area contributed by atoms with Crippen LogP contribution in [-0.4, -0.2) is 16.7 Å². The summed E-state index contributed by atoms with van der Waals surface area (Å²) < 4.78 is 12.0. The van der Waals surface area contributed by atoms with E-state index in [0.717, 1.165) is 42.0 Å². The van der Waals surface area contributed by atoms with Crippen LogP contribution < -0.4 is 10.1 Å². The van der Waals surface area contributed by atoms with Crippen LogP contribution in [0.4, 0.5) is 0 Å². The predicted octanol–water partition coefficient (Wildman–Crippen LogP) is 3.40. The molecule has 0 spiro atoms. The quantitative estimate of drug-likeness (QED) is 0.828. The summed E-state index contributed by atoms with van der Waals surface area (Å²) in [5.41, 5.74) is 1.17. The third kappa shape index (κ3) is 3.83. The van der Waals surface area contributed by atoms with E-state index in [2.05, 4.69) is 38.3 Å². The molecule has 5 nitrogen and oxygen atoms in total. The lowest BCUT2D eigenvalue weighted by molar-refractivity contribution is 0.285. The third-order valence-electron chi connectivity index (χ3n) is 3.36. The number of nitrogens with zero attached hydrogens (tertiary/aromatic N) is 2. The third-order valence-corrected chi connectivity index (χ3v) is 4.13. The fraction of sp³-hybridized carbons (Fsp3) is 0.467. The summed E-state index contributed by atoms with van der Waals surface area (Å²) in [6, 6.07) is 5.95. The van der Waals surface area contributed by atoms with Gasteiger partial charge in [0.05, 0.1) is 0 Å². The van der Waals surface area contributed by atoms with E-state index in [0.29, 0.717) is 18.3 Å². The van der Waals surface area contributed by atoms with Gasteiger partial charge in [-0.05, 0) is 43.1 Å². The standard InChI is InChI=1S/C15H18BrN3O2/c1-2-17-8-11-7-12(5-6-13(11)16)20-9-14-18-15(21-19-14)10-3-4-10/h5-7,10,17H,2-4,8-9H2,1H3. The molecule has 0 unspecified atom stereocenters. The van der Waals surface area contributed by atoms with Crippen LogP contribution in [-0.2, 0) is 13.2 Å². The Labute approximate surface area is 132 Å². The van der Waals surface area contributed by atoms with E-state index in [1.54, 1.807) is 0 Å². The first-order chi connectivity index (χ1) is 10.3. The van der Waals surface area contributed by atoms with Crippen molar-refractivity contribution < 1.29 is 9.26 Å². The molecule has 1 aromatic heterocycles. The lowest BCUT2D eigenvalue weighted by atomic mass is 10.2. The van der Waals surface area contributed by atoms with Crippen LogP contribution in [0.5, 0.6) is 5.75 Å². The van der Waals surface area contributed by atoms with Crippen molar-refractivity contribution in [3.63, 3.8) is 0 Å². The van der Waals surface area contributed by atoms with Gasteiger partial charge in [0, 0.05) is 16.9 Å². The molecule has 21 heavy (non-hydrogen) atoms. The Morgan fingerprint density at radius 3 is 3.05 bits per heavy atom. The largest absolute Gasteiger partial charge is 0.485 e. The molecule has 1 aliphatic rings. The van der Waals surface area contributed by atoms with Crippen LogP contribution in [0.3, 0.4) is 0 Å². The van der Waals surface area contributed by atoms with Gasteiger partial charge in [0.25, 0.3) is 0 Å². The highest BCUT2D eigenvalue weighted by molar-refractivity contribution is 9.10. The molecular weight excluding hydrogens is 334 g/mol. The summed E-state index contributed by atoms with van der Waals surface area (Å²) in [6.07, 6.45) is 2.31. The predicted molar refractivity (Wildman–Crippen MR) is 82.1 cm³/mol. The number of hydrogen-bond acceptors (Lipinski definition) is 5. The first-order valence-electron chi connectivity index (χ1n) is 7.20. The Morgan fingerprint density at radius 1 is 1.43 bits per heavy atom. The van der Waals surface area contributed by atoms with Crippen LogP contribution in [0.25, 0.3) is 0 Å². The number of aromatic nitrogens is 2. The molecular formula is C15H18BrN3O2. The number of hydrogen-bond donors (Lipinski definition) is 1. The number of rotatable bonds is 7. The molecule has 0 atom stereocenters. The molecule has 3 rings (SSSR count). The van der Waals surface area contributed by atoms with Crippen LogP contribution in [0, 0.1) is 0 Å². The van der Waals surface area contributed by atoms with Crippen LogP contribution >= 0.6 is 15.9 Å². The topological polar surface area (TPSA) is 60.2 Å². The molecule has 0 amide bonds. The fourth-order valence-corrected chi connectivity index (χ4v) is 2.39. The zero-order valence-corrected chi connectivity index (χ0v) is 13.5. The van der Waals surface area contributed by atoms with Gasteiger partial charge in [-0.3, -0.25) is 0 Å². The molecule has 1 saturated carbocycles. The normalized spacial score (nSPS) is 14.4. The van der Waals surface area contributed by atoms with E-state index in [1.165, 1.54) is 5.56 Å². The Bertz CT molecular complexity index is 611. The number of ether oxygens (including phenoxy) is 1. The zero-order valence-electron chi connectivity index (χ0n) is 11.9. The van der Waals surface area contributed by atoms with Crippen molar-refractivity contribution in [2.24, 2.45) is 0 Å². The number of nitrogens with one attached hydrogen (secondary N) is 1. The first-order valence-corrected chi connectivity index (χ1v) is 8.00. The van der Waals surface area contributed by atoms with Gasteiger partial charge in [-0.1, -0.05) is 28.0 Å². The molecule has 0 bridgehead atoms. The summed E-state index contributed by atoms with van der Waals surface area (Å²) in [5, 5.41) is 7.25. The maximum absolute atomic E-state index is 5.75. The van der Waals surface area contributed by atoms with E-state index < -0.39 is 0 Å². The van der Waals surface area contributed by atoms with Crippen molar-refractivity contribution in [2.75, 3.05) is 6.54 Å². The molecule has 0 aliphatic heterocycles. The van der Waals surface area contributed by atoms with Crippen molar-refractivity contribution in [3.8, 4) is 5.75 Å². The molecule has 6 heteroatoms. The van der Waals surface area contributed by atoms with Crippen LogP contribution in [0.1, 0.15) is 43.0 Å². The van der Waals surface area contributed by atoms with Gasteiger partial charge >= 0.3 is 0 Å². The van der Waals surface area contributed by atoms with Gasteiger partial charge in [-0.2, -0.15) is 4.98 Å². The molecule has 112 valence electrons. The Morgan fingerprint density at radius 2 is 2.29 bits per heavy atom. The van der Waals surface area contributed by atoms with Crippen molar-refractivity contribution in [2.45, 2.75) is 38.8 Å². The minimum absolute atomic E-state index is 0.332. The molecule has 1 fully saturated rings. The molecule has 2 aromatic rings. The van der Waals surface area contributed by atoms with Gasteiger partial charge in [0.1, 0.15) is 5.75 Å². The molecule has 0 saturated heterocycles. The van der Waals surface area contributed by atoms with Gasteiger partial charge < -0.3 is 14.6 Å². The summed E-state index contributed by atoms with van der Waals surface area (Å²) in [6.45, 7) is 4.16. The maximum atomic E-state index is 5.75. The minimum atomic E-state index is 0.332. The number of benzene rings is 1. The van der Waals surface area contributed by atoms with Gasteiger partial charge in [-0.25, -0.2) is 0 Å². The monoisotopic (exact) mass is 351 g/mol. The Kier molecular flexibility index (Phi) is 4.55. The summed E-state index contributed by atoms with van der Waals surface area (Å²) in [7, 11) is 0. The van der Waals surface area contributed by atoms with Crippen molar-refractivity contribution in [1.29, 1.82) is 0 Å². The lowest BCUT2D eigenvalue weighted by Crippen LogP contribution is -2.12. The van der Waals surface area contributed by atoms with Gasteiger partial charge in [-0.15, -0.1) is 0 Å². The van der Waals surface area contributed by atoms with E-state index in [1.807, 2.05) is 18.2 Å². The Hall–Kier alpha value is -1.40. The second-order valence-corrected chi connectivity index (χ2v) is 6.00. The van der Waals surface area contributed by atoms with Crippen molar-refractivity contribution in [3.05, 3.63) is 40.0 Å². The molecule has 1 N–H and O–H groups in total. The highest BCUT2D eigenvalue weighted by atomic mass is 79.9. The van der Waals surface area contributed by atoms with Crippen LogP contribution in [0.2, 0.25) is 0 Å². The summed E-state index contributed by atoms with van der Waals surface area (Å²) in [4.78, 5) is 4.35. The SMILES string of the molecule is CCNCc1cc(OCc2noc(C3CC3)n2)ccc1Br. The van der Waals surface area contributed by atoms with Gasteiger partial charge in [0.2, 0.25) is 11.7 Å². The number of halogens is 1.